The average molecular weight is 192 g/mol. The lowest BCUT2D eigenvalue weighted by Gasteiger charge is -2.28. The van der Waals surface area contributed by atoms with Crippen LogP contribution in [0.3, 0.4) is 0 Å². The largest absolute Gasteiger partial charge is 0.282 e. The number of hydrogen-bond acceptors (Lipinski definition) is 2. The summed E-state index contributed by atoms with van der Waals surface area (Å²) in [7, 11) is 0. The van der Waals surface area contributed by atoms with Crippen molar-refractivity contribution in [3.8, 4) is 0 Å². The van der Waals surface area contributed by atoms with Crippen molar-refractivity contribution >= 4 is 16.9 Å². The molecule has 2 rings (SSSR count). The summed E-state index contributed by atoms with van der Waals surface area (Å²) in [5, 5.41) is 0.215. The monoisotopic (exact) mass is 192 g/mol. The molecular weight excluding hydrogens is 180 g/mol. The highest BCUT2D eigenvalue weighted by molar-refractivity contribution is 8.15. The fourth-order valence-electron chi connectivity index (χ4n) is 1.67. The Bertz CT molecular complexity index is 355. The Morgan fingerprint density at radius 2 is 2.00 bits per heavy atom. The SMILES string of the molecule is CC1(C)Cc2ccccc2C(=O)S1. The summed E-state index contributed by atoms with van der Waals surface area (Å²) < 4.78 is 0.0609. The zero-order chi connectivity index (χ0) is 9.47. The Hall–Kier alpha value is -0.760. The zero-order valence-corrected chi connectivity index (χ0v) is 8.65. The van der Waals surface area contributed by atoms with Crippen molar-refractivity contribution in [2.75, 3.05) is 0 Å². The molecule has 0 saturated carbocycles. The lowest BCUT2D eigenvalue weighted by atomic mass is 9.97. The third-order valence-corrected chi connectivity index (χ3v) is 3.32. The first-order valence-electron chi connectivity index (χ1n) is 4.40. The van der Waals surface area contributed by atoms with Gasteiger partial charge in [0.2, 0.25) is 5.12 Å². The number of thioether (sulfide) groups is 1. The van der Waals surface area contributed by atoms with E-state index in [-0.39, 0.29) is 9.86 Å². The molecule has 0 saturated heterocycles. The first-order valence-corrected chi connectivity index (χ1v) is 5.21. The van der Waals surface area contributed by atoms with Gasteiger partial charge >= 0.3 is 0 Å². The lowest BCUT2D eigenvalue weighted by molar-refractivity contribution is 0.108. The van der Waals surface area contributed by atoms with Crippen molar-refractivity contribution in [2.45, 2.75) is 25.0 Å². The molecule has 1 heterocycles. The van der Waals surface area contributed by atoms with Crippen molar-refractivity contribution in [1.29, 1.82) is 0 Å². The molecule has 1 aromatic rings. The van der Waals surface area contributed by atoms with E-state index < -0.39 is 0 Å². The molecule has 0 fully saturated rings. The van der Waals surface area contributed by atoms with Gasteiger partial charge in [-0.15, -0.1) is 0 Å². The van der Waals surface area contributed by atoms with Crippen LogP contribution in [-0.4, -0.2) is 9.86 Å². The number of carbonyl (C=O) groups is 1. The maximum absolute atomic E-state index is 11.7. The van der Waals surface area contributed by atoms with Crippen LogP contribution in [0.2, 0.25) is 0 Å². The van der Waals surface area contributed by atoms with Crippen molar-refractivity contribution < 1.29 is 4.79 Å². The second-order valence-electron chi connectivity index (χ2n) is 3.98. The van der Waals surface area contributed by atoms with E-state index >= 15 is 0 Å². The van der Waals surface area contributed by atoms with Gasteiger partial charge in [-0.3, -0.25) is 4.79 Å². The molecule has 0 atom stereocenters. The average Bonchev–Trinajstić information content (AvgIpc) is 2.02. The molecule has 68 valence electrons. The summed E-state index contributed by atoms with van der Waals surface area (Å²) in [5.41, 5.74) is 2.09. The highest BCUT2D eigenvalue weighted by Gasteiger charge is 2.31. The summed E-state index contributed by atoms with van der Waals surface area (Å²) in [6.45, 7) is 4.23. The van der Waals surface area contributed by atoms with Crippen molar-refractivity contribution in [1.82, 2.24) is 0 Å². The third kappa shape index (κ3) is 1.63. The molecule has 1 aliphatic rings. The van der Waals surface area contributed by atoms with E-state index in [4.69, 9.17) is 0 Å². The smallest absolute Gasteiger partial charge is 0.220 e. The van der Waals surface area contributed by atoms with Crippen molar-refractivity contribution in [3.63, 3.8) is 0 Å². The highest BCUT2D eigenvalue weighted by Crippen LogP contribution is 2.37. The second kappa shape index (κ2) is 2.88. The van der Waals surface area contributed by atoms with E-state index in [9.17, 15) is 4.79 Å². The molecule has 0 aliphatic carbocycles. The molecular formula is C11H12OS. The molecule has 13 heavy (non-hydrogen) atoms. The van der Waals surface area contributed by atoms with Gasteiger partial charge in [-0.25, -0.2) is 0 Å². The first kappa shape index (κ1) is 8.82. The summed E-state index contributed by atoms with van der Waals surface area (Å²) in [4.78, 5) is 11.7. The quantitative estimate of drug-likeness (QED) is 0.628. The number of benzene rings is 1. The van der Waals surface area contributed by atoms with E-state index in [0.717, 1.165) is 12.0 Å². The van der Waals surface area contributed by atoms with Crippen molar-refractivity contribution in [2.24, 2.45) is 0 Å². The van der Waals surface area contributed by atoms with Crippen LogP contribution in [0.1, 0.15) is 29.8 Å². The number of carbonyl (C=O) groups excluding carboxylic acids is 1. The van der Waals surface area contributed by atoms with Crippen LogP contribution in [-0.2, 0) is 6.42 Å². The predicted molar refractivity (Wildman–Crippen MR) is 56.1 cm³/mol. The number of rotatable bonds is 0. The minimum Gasteiger partial charge on any atom is -0.282 e. The van der Waals surface area contributed by atoms with E-state index in [1.807, 2.05) is 18.2 Å². The normalized spacial score (nSPS) is 19.7. The van der Waals surface area contributed by atoms with Crippen LogP contribution >= 0.6 is 11.8 Å². The Morgan fingerprint density at radius 1 is 1.31 bits per heavy atom. The molecule has 0 N–H and O–H groups in total. The third-order valence-electron chi connectivity index (χ3n) is 2.22. The second-order valence-corrected chi connectivity index (χ2v) is 5.66. The molecule has 2 heteroatoms. The van der Waals surface area contributed by atoms with Crippen LogP contribution in [0.25, 0.3) is 0 Å². The Balaban J connectivity index is 2.49. The molecule has 1 nitrogen and oxygen atoms in total. The Labute approximate surface area is 82.5 Å². The molecule has 0 unspecified atom stereocenters. The zero-order valence-electron chi connectivity index (χ0n) is 7.83. The van der Waals surface area contributed by atoms with Gasteiger partial charge in [-0.1, -0.05) is 36.0 Å². The minimum atomic E-state index is 0.0609. The topological polar surface area (TPSA) is 17.1 Å². The predicted octanol–water partition coefficient (Wildman–Crippen LogP) is 2.89. The fraction of sp³-hybridized carbons (Fsp3) is 0.364. The Kier molecular flexibility index (Phi) is 1.95. The highest BCUT2D eigenvalue weighted by atomic mass is 32.2. The fourth-order valence-corrected chi connectivity index (χ4v) is 2.71. The van der Waals surface area contributed by atoms with Gasteiger partial charge in [-0.2, -0.15) is 0 Å². The van der Waals surface area contributed by atoms with Gasteiger partial charge in [0.05, 0.1) is 0 Å². The van der Waals surface area contributed by atoms with E-state index in [0.29, 0.717) is 0 Å². The first-order chi connectivity index (χ1) is 6.08. The summed E-state index contributed by atoms with van der Waals surface area (Å²) in [6, 6.07) is 7.89. The molecule has 0 radical (unpaired) electrons. The molecule has 1 aliphatic heterocycles. The maximum Gasteiger partial charge on any atom is 0.220 e. The summed E-state index contributed by atoms with van der Waals surface area (Å²) in [5.74, 6) is 0. The molecule has 0 bridgehead atoms. The summed E-state index contributed by atoms with van der Waals surface area (Å²) in [6.07, 6.45) is 0.986. The van der Waals surface area contributed by atoms with Gasteiger partial charge in [0.15, 0.2) is 0 Å². The molecule has 0 spiro atoms. The van der Waals surface area contributed by atoms with Crippen LogP contribution in [0, 0.1) is 0 Å². The van der Waals surface area contributed by atoms with Gasteiger partial charge in [0.25, 0.3) is 0 Å². The van der Waals surface area contributed by atoms with E-state index in [2.05, 4.69) is 19.9 Å². The van der Waals surface area contributed by atoms with E-state index in [1.165, 1.54) is 17.3 Å². The van der Waals surface area contributed by atoms with Gasteiger partial charge in [0.1, 0.15) is 0 Å². The minimum absolute atomic E-state index is 0.0609. The maximum atomic E-state index is 11.7. The van der Waals surface area contributed by atoms with Crippen LogP contribution in [0.4, 0.5) is 0 Å². The summed E-state index contributed by atoms with van der Waals surface area (Å²) >= 11 is 1.45. The molecule has 0 amide bonds. The van der Waals surface area contributed by atoms with E-state index in [1.54, 1.807) is 0 Å². The molecule has 1 aromatic carbocycles. The van der Waals surface area contributed by atoms with Gasteiger partial charge in [-0.05, 0) is 25.8 Å². The van der Waals surface area contributed by atoms with Gasteiger partial charge < -0.3 is 0 Å². The van der Waals surface area contributed by atoms with Crippen LogP contribution < -0.4 is 0 Å². The van der Waals surface area contributed by atoms with Crippen LogP contribution in [0.15, 0.2) is 24.3 Å². The van der Waals surface area contributed by atoms with Crippen molar-refractivity contribution in [3.05, 3.63) is 35.4 Å². The molecule has 0 aromatic heterocycles. The number of fused-ring (bicyclic) bond motifs is 1. The number of hydrogen-bond donors (Lipinski definition) is 0. The lowest BCUT2D eigenvalue weighted by Crippen LogP contribution is -2.26. The van der Waals surface area contributed by atoms with Crippen LogP contribution in [0.5, 0.6) is 0 Å². The standard InChI is InChI=1S/C11H12OS/c1-11(2)7-8-5-3-4-6-9(8)10(12)13-11/h3-6H,7H2,1-2H3. The Morgan fingerprint density at radius 3 is 2.77 bits per heavy atom. The van der Waals surface area contributed by atoms with Gasteiger partial charge in [0, 0.05) is 10.3 Å².